The molecular weight excluding hydrogens is 198 g/mol. The van der Waals surface area contributed by atoms with E-state index in [0.29, 0.717) is 6.61 Å². The molecule has 2 nitrogen and oxygen atoms in total. The number of aryl methyl sites for hydroxylation is 1. The number of hydrogen-bond donors (Lipinski definition) is 0. The minimum atomic E-state index is 0.593. The quantitative estimate of drug-likeness (QED) is 0.778. The van der Waals surface area contributed by atoms with E-state index in [2.05, 4.69) is 24.0 Å². The maximum Gasteiger partial charge on any atom is 0.138 e. The Morgan fingerprint density at radius 2 is 1.88 bits per heavy atom. The van der Waals surface area contributed by atoms with Gasteiger partial charge in [-0.05, 0) is 23.6 Å². The minimum absolute atomic E-state index is 0.593. The van der Waals surface area contributed by atoms with Crippen molar-refractivity contribution >= 4 is 0 Å². The molecule has 1 aromatic carbocycles. The van der Waals surface area contributed by atoms with Crippen molar-refractivity contribution in [2.75, 3.05) is 0 Å². The lowest BCUT2D eigenvalue weighted by atomic mass is 10.2. The first-order valence-corrected chi connectivity index (χ1v) is 5.49. The second-order valence-corrected chi connectivity index (χ2v) is 3.66. The number of ether oxygens (including phenoxy) is 1. The number of aromatic nitrogens is 1. The first kappa shape index (κ1) is 10.7. The Morgan fingerprint density at radius 3 is 2.62 bits per heavy atom. The Labute approximate surface area is 95.9 Å². The predicted molar refractivity (Wildman–Crippen MR) is 64.4 cm³/mol. The average Bonchev–Trinajstić information content (AvgIpc) is 2.38. The molecule has 0 N–H and O–H groups in total. The molecule has 0 aliphatic carbocycles. The SMILES string of the molecule is CCc1cncc(OCc2ccccc2)c1. The van der Waals surface area contributed by atoms with Gasteiger partial charge in [-0.25, -0.2) is 0 Å². The molecule has 0 saturated heterocycles. The highest BCUT2D eigenvalue weighted by atomic mass is 16.5. The summed E-state index contributed by atoms with van der Waals surface area (Å²) >= 11 is 0. The molecule has 0 aliphatic heterocycles. The van der Waals surface area contributed by atoms with Crippen LogP contribution in [0.1, 0.15) is 18.1 Å². The van der Waals surface area contributed by atoms with E-state index in [1.807, 2.05) is 30.5 Å². The third-order valence-electron chi connectivity index (χ3n) is 2.43. The van der Waals surface area contributed by atoms with Crippen molar-refractivity contribution in [3.63, 3.8) is 0 Å². The topological polar surface area (TPSA) is 22.1 Å². The van der Waals surface area contributed by atoms with Gasteiger partial charge in [0.2, 0.25) is 0 Å². The van der Waals surface area contributed by atoms with Gasteiger partial charge in [-0.2, -0.15) is 0 Å². The minimum Gasteiger partial charge on any atom is -0.487 e. The fourth-order valence-electron chi connectivity index (χ4n) is 1.48. The highest BCUT2D eigenvalue weighted by Crippen LogP contribution is 2.13. The van der Waals surface area contributed by atoms with E-state index in [9.17, 15) is 0 Å². The van der Waals surface area contributed by atoms with E-state index in [1.54, 1.807) is 6.20 Å². The van der Waals surface area contributed by atoms with Gasteiger partial charge >= 0.3 is 0 Å². The molecule has 0 amide bonds. The number of nitrogens with zero attached hydrogens (tertiary/aromatic N) is 1. The summed E-state index contributed by atoms with van der Waals surface area (Å²) in [7, 11) is 0. The van der Waals surface area contributed by atoms with Gasteiger partial charge in [0.25, 0.3) is 0 Å². The van der Waals surface area contributed by atoms with Crippen LogP contribution in [0.4, 0.5) is 0 Å². The third-order valence-corrected chi connectivity index (χ3v) is 2.43. The molecule has 2 rings (SSSR count). The summed E-state index contributed by atoms with van der Waals surface area (Å²) in [6, 6.07) is 12.2. The van der Waals surface area contributed by atoms with Gasteiger partial charge in [0.1, 0.15) is 12.4 Å². The van der Waals surface area contributed by atoms with Crippen molar-refractivity contribution in [3.8, 4) is 5.75 Å². The fraction of sp³-hybridized carbons (Fsp3) is 0.214. The molecule has 82 valence electrons. The summed E-state index contributed by atoms with van der Waals surface area (Å²) in [5.41, 5.74) is 2.37. The van der Waals surface area contributed by atoms with Gasteiger partial charge in [0, 0.05) is 6.20 Å². The monoisotopic (exact) mass is 213 g/mol. The molecule has 1 heterocycles. The molecule has 1 aromatic heterocycles. The second kappa shape index (κ2) is 5.31. The zero-order chi connectivity index (χ0) is 11.2. The van der Waals surface area contributed by atoms with Gasteiger partial charge in [-0.15, -0.1) is 0 Å². The Balaban J connectivity index is 1.99. The normalized spacial score (nSPS) is 10.1. The van der Waals surface area contributed by atoms with Crippen LogP contribution in [-0.2, 0) is 13.0 Å². The molecule has 0 atom stereocenters. The molecule has 2 aromatic rings. The maximum atomic E-state index is 5.67. The van der Waals surface area contributed by atoms with Crippen LogP contribution in [-0.4, -0.2) is 4.98 Å². The Morgan fingerprint density at radius 1 is 1.06 bits per heavy atom. The van der Waals surface area contributed by atoms with Crippen molar-refractivity contribution < 1.29 is 4.74 Å². The van der Waals surface area contributed by atoms with Crippen molar-refractivity contribution in [1.82, 2.24) is 4.98 Å². The highest BCUT2D eigenvalue weighted by molar-refractivity contribution is 5.24. The van der Waals surface area contributed by atoms with E-state index in [4.69, 9.17) is 4.74 Å². The Kier molecular flexibility index (Phi) is 3.54. The summed E-state index contributed by atoms with van der Waals surface area (Å²) in [6.45, 7) is 2.70. The molecule has 16 heavy (non-hydrogen) atoms. The Hall–Kier alpha value is -1.83. The van der Waals surface area contributed by atoms with Gasteiger partial charge in [0.15, 0.2) is 0 Å². The van der Waals surface area contributed by atoms with Crippen LogP contribution in [0.25, 0.3) is 0 Å². The second-order valence-electron chi connectivity index (χ2n) is 3.66. The smallest absolute Gasteiger partial charge is 0.138 e. The zero-order valence-electron chi connectivity index (χ0n) is 9.39. The van der Waals surface area contributed by atoms with Crippen molar-refractivity contribution in [2.45, 2.75) is 20.0 Å². The molecule has 0 fully saturated rings. The first-order valence-electron chi connectivity index (χ1n) is 5.49. The van der Waals surface area contributed by atoms with E-state index >= 15 is 0 Å². The molecular formula is C14H15NO. The van der Waals surface area contributed by atoms with Crippen LogP contribution in [0.15, 0.2) is 48.8 Å². The average molecular weight is 213 g/mol. The number of benzene rings is 1. The lowest BCUT2D eigenvalue weighted by Crippen LogP contribution is -1.96. The fourth-order valence-corrected chi connectivity index (χ4v) is 1.48. The zero-order valence-corrected chi connectivity index (χ0v) is 9.39. The predicted octanol–water partition coefficient (Wildman–Crippen LogP) is 3.22. The van der Waals surface area contributed by atoms with E-state index in [1.165, 1.54) is 11.1 Å². The van der Waals surface area contributed by atoms with Gasteiger partial charge in [-0.3, -0.25) is 4.98 Å². The van der Waals surface area contributed by atoms with Crippen LogP contribution in [0.5, 0.6) is 5.75 Å². The number of pyridine rings is 1. The standard InChI is InChI=1S/C14H15NO/c1-2-12-8-14(10-15-9-12)16-11-13-6-4-3-5-7-13/h3-10H,2,11H2,1H3. The summed E-state index contributed by atoms with van der Waals surface area (Å²) < 4.78 is 5.67. The maximum absolute atomic E-state index is 5.67. The molecule has 2 heteroatoms. The van der Waals surface area contributed by atoms with Crippen molar-refractivity contribution in [1.29, 1.82) is 0 Å². The molecule has 0 spiro atoms. The molecule has 0 unspecified atom stereocenters. The van der Waals surface area contributed by atoms with Crippen molar-refractivity contribution in [3.05, 3.63) is 59.9 Å². The number of hydrogen-bond acceptors (Lipinski definition) is 2. The molecule has 0 saturated carbocycles. The molecule has 0 radical (unpaired) electrons. The molecule has 0 aliphatic rings. The van der Waals surface area contributed by atoms with E-state index in [0.717, 1.165) is 12.2 Å². The summed E-state index contributed by atoms with van der Waals surface area (Å²) in [4.78, 5) is 4.14. The lowest BCUT2D eigenvalue weighted by Gasteiger charge is -2.06. The highest BCUT2D eigenvalue weighted by Gasteiger charge is 1.97. The van der Waals surface area contributed by atoms with Crippen LogP contribution < -0.4 is 4.74 Å². The summed E-state index contributed by atoms with van der Waals surface area (Å²) in [5.74, 6) is 0.836. The van der Waals surface area contributed by atoms with Gasteiger partial charge < -0.3 is 4.74 Å². The van der Waals surface area contributed by atoms with Crippen LogP contribution in [0.2, 0.25) is 0 Å². The van der Waals surface area contributed by atoms with Gasteiger partial charge in [0.05, 0.1) is 6.20 Å². The van der Waals surface area contributed by atoms with Crippen LogP contribution >= 0.6 is 0 Å². The lowest BCUT2D eigenvalue weighted by molar-refractivity contribution is 0.304. The third kappa shape index (κ3) is 2.83. The summed E-state index contributed by atoms with van der Waals surface area (Å²) in [6.07, 6.45) is 4.60. The van der Waals surface area contributed by atoms with E-state index < -0.39 is 0 Å². The Bertz CT molecular complexity index is 439. The summed E-state index contributed by atoms with van der Waals surface area (Å²) in [5, 5.41) is 0. The molecule has 0 bridgehead atoms. The van der Waals surface area contributed by atoms with E-state index in [-0.39, 0.29) is 0 Å². The largest absolute Gasteiger partial charge is 0.487 e. The first-order chi connectivity index (χ1) is 7.88. The van der Waals surface area contributed by atoms with Crippen LogP contribution in [0, 0.1) is 0 Å². The van der Waals surface area contributed by atoms with Gasteiger partial charge in [-0.1, -0.05) is 37.3 Å². The van der Waals surface area contributed by atoms with Crippen LogP contribution in [0.3, 0.4) is 0 Å². The number of rotatable bonds is 4. The van der Waals surface area contributed by atoms with Crippen molar-refractivity contribution in [2.24, 2.45) is 0 Å².